The van der Waals surface area contributed by atoms with Crippen molar-refractivity contribution in [2.45, 2.75) is 80.6 Å². The number of halogens is 2. The van der Waals surface area contributed by atoms with Crippen LogP contribution in [0.4, 0.5) is 14.6 Å². The van der Waals surface area contributed by atoms with Crippen LogP contribution in [0.3, 0.4) is 0 Å². The van der Waals surface area contributed by atoms with Gasteiger partial charge in [0.25, 0.3) is 0 Å². The summed E-state index contributed by atoms with van der Waals surface area (Å²) in [6.07, 6.45) is 7.15. The molecule has 7 nitrogen and oxygen atoms in total. The van der Waals surface area contributed by atoms with E-state index in [1.54, 1.807) is 18.3 Å². The number of hydrogen-bond donors (Lipinski definition) is 4. The maximum absolute atomic E-state index is 15.9. The number of phenolic OH excluding ortho intramolecular Hbond substituents is 1. The number of phenols is 1. The number of hydrogen-bond acceptors (Lipinski definition) is 10. The van der Waals surface area contributed by atoms with E-state index in [0.29, 0.717) is 22.5 Å². The number of anilines is 1. The molecule has 2 saturated carbocycles. The van der Waals surface area contributed by atoms with Gasteiger partial charge < -0.3 is 14.7 Å². The number of benzene rings is 1. The van der Waals surface area contributed by atoms with E-state index >= 15 is 4.39 Å². The van der Waals surface area contributed by atoms with Crippen LogP contribution in [0.2, 0.25) is 0 Å². The molecule has 0 radical (unpaired) electrons. The highest BCUT2D eigenvalue weighted by Crippen LogP contribution is 2.46. The van der Waals surface area contributed by atoms with Gasteiger partial charge >= 0.3 is 0 Å². The van der Waals surface area contributed by atoms with Crippen LogP contribution in [-0.2, 0) is 0 Å². The SMILES string of the molecule is CCC[C@]1(C)CCC[C@H](N(c2cnc(-c3ccc(-c4cc(F)nc(OC(S)(S)S)c4)cc3O)nn2)C2CC2)[C@@H]1F. The van der Waals surface area contributed by atoms with Crippen LogP contribution < -0.4 is 9.64 Å². The molecule has 12 heteroatoms. The fourth-order valence-electron chi connectivity index (χ4n) is 5.80. The topological polar surface area (TPSA) is 84.3 Å². The molecule has 2 fully saturated rings. The van der Waals surface area contributed by atoms with Crippen molar-refractivity contribution in [3.63, 3.8) is 0 Å². The number of pyridine rings is 1. The summed E-state index contributed by atoms with van der Waals surface area (Å²) in [5.41, 5.74) is 0.963. The Labute approximate surface area is 249 Å². The second kappa shape index (κ2) is 11.5. The normalized spacial score (nSPS) is 23.2. The summed E-state index contributed by atoms with van der Waals surface area (Å²) in [7, 11) is 0. The quantitative estimate of drug-likeness (QED) is 0.120. The summed E-state index contributed by atoms with van der Waals surface area (Å²) < 4.78 is 33.9. The molecule has 5 rings (SSSR count). The second-order valence-electron chi connectivity index (χ2n) is 11.0. The lowest BCUT2D eigenvalue weighted by atomic mass is 9.69. The summed E-state index contributed by atoms with van der Waals surface area (Å²) in [4.78, 5) is 10.3. The lowest BCUT2D eigenvalue weighted by molar-refractivity contribution is 0.0423. The van der Waals surface area contributed by atoms with Crippen molar-refractivity contribution in [1.82, 2.24) is 20.2 Å². The van der Waals surface area contributed by atoms with Crippen molar-refractivity contribution in [3.8, 4) is 34.1 Å². The van der Waals surface area contributed by atoms with Gasteiger partial charge in [-0.1, -0.05) is 32.8 Å². The van der Waals surface area contributed by atoms with Gasteiger partial charge in [-0.25, -0.2) is 9.37 Å². The zero-order chi connectivity index (χ0) is 28.7. The molecule has 2 heterocycles. The molecule has 3 atom stereocenters. The summed E-state index contributed by atoms with van der Waals surface area (Å²) in [6.45, 7) is 4.18. The van der Waals surface area contributed by atoms with Gasteiger partial charge in [0.2, 0.25) is 15.4 Å². The Bertz CT molecular complexity index is 1350. The van der Waals surface area contributed by atoms with Crippen LogP contribution in [0.15, 0.2) is 36.5 Å². The van der Waals surface area contributed by atoms with E-state index in [1.165, 1.54) is 18.2 Å². The number of nitrogens with zero attached hydrogens (tertiary/aromatic N) is 5. The molecule has 2 aliphatic rings. The Morgan fingerprint density at radius 3 is 2.52 bits per heavy atom. The van der Waals surface area contributed by atoms with E-state index in [1.807, 2.05) is 0 Å². The fraction of sp³-hybridized carbons (Fsp3) is 0.500. The van der Waals surface area contributed by atoms with Gasteiger partial charge in [0.1, 0.15) is 11.9 Å². The largest absolute Gasteiger partial charge is 0.507 e. The Morgan fingerprint density at radius 1 is 1.12 bits per heavy atom. The van der Waals surface area contributed by atoms with Crippen LogP contribution in [0, 0.1) is 11.4 Å². The highest BCUT2D eigenvalue weighted by Gasteiger charge is 2.48. The molecular formula is C28H33F2N5O2S3. The van der Waals surface area contributed by atoms with Gasteiger partial charge in [-0.3, -0.25) is 0 Å². The summed E-state index contributed by atoms with van der Waals surface area (Å²) >= 11 is 12.1. The molecule has 0 amide bonds. The molecule has 0 unspecified atom stereocenters. The number of alkyl halides is 1. The van der Waals surface area contributed by atoms with E-state index < -0.39 is 15.7 Å². The van der Waals surface area contributed by atoms with Crippen LogP contribution in [0.25, 0.3) is 22.5 Å². The van der Waals surface area contributed by atoms with Crippen LogP contribution in [-0.4, -0.2) is 47.1 Å². The third-order valence-electron chi connectivity index (χ3n) is 7.77. The molecular weight excluding hydrogens is 573 g/mol. The van der Waals surface area contributed by atoms with Gasteiger partial charge in [-0.05, 0) is 55.4 Å². The average Bonchev–Trinajstić information content (AvgIpc) is 3.71. The minimum Gasteiger partial charge on any atom is -0.507 e. The van der Waals surface area contributed by atoms with Gasteiger partial charge in [0, 0.05) is 23.6 Å². The Kier molecular flexibility index (Phi) is 8.41. The maximum atomic E-state index is 15.9. The number of aromatic hydroxyl groups is 1. The van der Waals surface area contributed by atoms with Crippen molar-refractivity contribution >= 4 is 43.7 Å². The maximum Gasteiger partial charge on any atom is 0.242 e. The number of thiol groups is 3. The summed E-state index contributed by atoms with van der Waals surface area (Å²) in [5, 5.41) is 19.6. The van der Waals surface area contributed by atoms with Crippen LogP contribution in [0.1, 0.15) is 58.8 Å². The molecule has 0 bridgehead atoms. The van der Waals surface area contributed by atoms with Gasteiger partial charge in [-0.2, -0.15) is 9.37 Å². The first kappa shape index (κ1) is 29.2. The minimum absolute atomic E-state index is 0.0644. The third kappa shape index (κ3) is 6.44. The molecule has 1 aromatic carbocycles. The highest BCUT2D eigenvalue weighted by atomic mass is 32.2. The standard InChI is InChI=1S/C28H33F2N5O2S3/c1-3-10-27(2)11-4-5-20(25(27)30)35(18-7-8-18)23-15-31-26(34-33-23)19-9-6-16(12-21(19)36)17-13-22(29)32-24(14-17)37-28(38,39)40/h6,9,12-15,18,20,25,36,38-40H,3-5,7-8,10-11H2,1-2H3/t20-,25-,27+/m0/s1. The Morgan fingerprint density at radius 2 is 1.90 bits per heavy atom. The van der Waals surface area contributed by atoms with Crippen molar-refractivity contribution < 1.29 is 18.6 Å². The Balaban J connectivity index is 1.38. The highest BCUT2D eigenvalue weighted by molar-refractivity contribution is 8.16. The molecule has 0 saturated heterocycles. The first-order valence-electron chi connectivity index (χ1n) is 13.5. The Hall–Kier alpha value is -2.31. The molecule has 1 N–H and O–H groups in total. The minimum atomic E-state index is -1.45. The molecule has 3 aromatic rings. The van der Waals surface area contributed by atoms with E-state index in [9.17, 15) is 9.50 Å². The van der Waals surface area contributed by atoms with Crippen LogP contribution in [0.5, 0.6) is 11.6 Å². The second-order valence-corrected chi connectivity index (χ2v) is 13.9. The predicted octanol–water partition coefficient (Wildman–Crippen LogP) is 6.89. The van der Waals surface area contributed by atoms with Gasteiger partial charge in [-0.15, -0.1) is 48.1 Å². The molecule has 0 aliphatic heterocycles. The number of ether oxygens (including phenoxy) is 1. The first-order chi connectivity index (χ1) is 19.0. The van der Waals surface area contributed by atoms with Gasteiger partial charge in [0.15, 0.2) is 11.6 Å². The number of aromatic nitrogens is 4. The smallest absolute Gasteiger partial charge is 0.242 e. The van der Waals surface area contributed by atoms with E-state index in [4.69, 9.17) is 4.74 Å². The lowest BCUT2D eigenvalue weighted by Gasteiger charge is -2.46. The van der Waals surface area contributed by atoms with Crippen LogP contribution >= 0.6 is 37.9 Å². The monoisotopic (exact) mass is 605 g/mol. The average molecular weight is 606 g/mol. The molecule has 0 spiro atoms. The summed E-state index contributed by atoms with van der Waals surface area (Å²) in [6, 6.07) is 7.50. The zero-order valence-electron chi connectivity index (χ0n) is 22.3. The zero-order valence-corrected chi connectivity index (χ0v) is 25.0. The molecule has 2 aliphatic carbocycles. The van der Waals surface area contributed by atoms with Crippen molar-refractivity contribution in [1.29, 1.82) is 0 Å². The van der Waals surface area contributed by atoms with Crippen molar-refractivity contribution in [2.24, 2.45) is 5.41 Å². The summed E-state index contributed by atoms with van der Waals surface area (Å²) in [5.74, 6) is -0.157. The first-order valence-corrected chi connectivity index (χ1v) is 14.8. The fourth-order valence-corrected chi connectivity index (χ4v) is 6.08. The van der Waals surface area contributed by atoms with Gasteiger partial charge in [0.05, 0.1) is 17.8 Å². The van der Waals surface area contributed by atoms with Crippen molar-refractivity contribution in [2.75, 3.05) is 4.90 Å². The van der Waals surface area contributed by atoms with Crippen molar-refractivity contribution in [3.05, 3.63) is 42.5 Å². The van der Waals surface area contributed by atoms with E-state index in [-0.39, 0.29) is 35.0 Å². The number of rotatable bonds is 9. The predicted molar refractivity (Wildman–Crippen MR) is 161 cm³/mol. The van der Waals surface area contributed by atoms with E-state index in [0.717, 1.165) is 44.9 Å². The molecule has 214 valence electrons. The molecule has 2 aromatic heterocycles. The molecule has 40 heavy (non-hydrogen) atoms. The third-order valence-corrected chi connectivity index (χ3v) is 8.04. The van der Waals surface area contributed by atoms with E-state index in [2.05, 4.69) is 76.8 Å². The lowest BCUT2D eigenvalue weighted by Crippen LogP contribution is -2.52.